The summed E-state index contributed by atoms with van der Waals surface area (Å²) >= 11 is 0. The Kier molecular flexibility index (Phi) is 5.46. The van der Waals surface area contributed by atoms with Crippen molar-refractivity contribution in [2.24, 2.45) is 0 Å². The molecule has 0 bridgehead atoms. The summed E-state index contributed by atoms with van der Waals surface area (Å²) in [7, 11) is -3.75. The second-order valence-electron chi connectivity index (χ2n) is 8.38. The van der Waals surface area contributed by atoms with E-state index in [4.69, 9.17) is 9.31 Å². The third-order valence-corrected chi connectivity index (χ3v) is 7.10. The van der Waals surface area contributed by atoms with Gasteiger partial charge in [-0.15, -0.1) is 0 Å². The Balaban J connectivity index is 1.65. The molecule has 1 aromatic carbocycles. The minimum Gasteiger partial charge on any atom is -0.399 e. The van der Waals surface area contributed by atoms with E-state index >= 15 is 0 Å². The lowest BCUT2D eigenvalue weighted by Crippen LogP contribution is -2.47. The molecule has 6 nitrogen and oxygen atoms in total. The number of hydrogen-bond acceptors (Lipinski definition) is 5. The Bertz CT molecular complexity index is 792. The zero-order valence-electron chi connectivity index (χ0n) is 16.7. The van der Waals surface area contributed by atoms with Crippen molar-refractivity contribution in [3.63, 3.8) is 0 Å². The van der Waals surface area contributed by atoms with Crippen LogP contribution in [0.5, 0.6) is 0 Å². The molecule has 0 aliphatic carbocycles. The Hall–Kier alpha value is -0.995. The zero-order valence-corrected chi connectivity index (χ0v) is 17.5. The molecule has 2 aliphatic rings. The Labute approximate surface area is 161 Å². The van der Waals surface area contributed by atoms with Crippen molar-refractivity contribution in [2.45, 2.75) is 45.4 Å². The monoisotopic (exact) mass is 398 g/mol. The summed E-state index contributed by atoms with van der Waals surface area (Å²) in [5, 5.41) is 0. The maximum absolute atomic E-state index is 14.7. The van der Waals surface area contributed by atoms with Crippen molar-refractivity contribution in [3.8, 4) is 0 Å². The van der Waals surface area contributed by atoms with Gasteiger partial charge in [0.2, 0.25) is 10.0 Å². The van der Waals surface area contributed by atoms with Crippen molar-refractivity contribution in [2.75, 3.05) is 32.4 Å². The third-order valence-electron chi connectivity index (χ3n) is 5.80. The maximum Gasteiger partial charge on any atom is 0.494 e. The molecule has 3 rings (SSSR count). The van der Waals surface area contributed by atoms with Gasteiger partial charge in [-0.1, -0.05) is 12.1 Å². The molecule has 1 aromatic rings. The highest BCUT2D eigenvalue weighted by molar-refractivity contribution is 7.88. The molecule has 2 aliphatic heterocycles. The van der Waals surface area contributed by atoms with Gasteiger partial charge in [-0.3, -0.25) is 4.90 Å². The lowest BCUT2D eigenvalue weighted by molar-refractivity contribution is 0.00578. The van der Waals surface area contributed by atoms with Crippen LogP contribution in [-0.4, -0.2) is 68.4 Å². The molecular weight excluding hydrogens is 370 g/mol. The van der Waals surface area contributed by atoms with Crippen molar-refractivity contribution >= 4 is 22.6 Å². The number of halogens is 1. The van der Waals surface area contributed by atoms with Gasteiger partial charge in [0, 0.05) is 38.3 Å². The Morgan fingerprint density at radius 3 is 2.11 bits per heavy atom. The van der Waals surface area contributed by atoms with Crippen LogP contribution in [-0.2, 0) is 25.9 Å². The molecule has 0 aromatic heterocycles. The van der Waals surface area contributed by atoms with Gasteiger partial charge < -0.3 is 9.31 Å². The zero-order chi connectivity index (χ0) is 20.0. The Morgan fingerprint density at radius 1 is 1.07 bits per heavy atom. The standard InChI is InChI=1S/C18H28BFN2O4S/c1-17(2)18(3,4)26-19(25-17)15-7-6-14(16(20)12-15)13-21-8-10-22(11-9-21)27(5,23)24/h6-7,12H,8-11,13H2,1-5H3. The number of nitrogens with zero attached hydrogens (tertiary/aromatic N) is 2. The van der Waals surface area contributed by atoms with Crippen molar-refractivity contribution in [1.82, 2.24) is 9.21 Å². The van der Waals surface area contributed by atoms with Crippen molar-refractivity contribution < 1.29 is 22.1 Å². The smallest absolute Gasteiger partial charge is 0.399 e. The first kappa shape index (κ1) is 20.7. The first-order chi connectivity index (χ1) is 12.4. The average molecular weight is 398 g/mol. The van der Waals surface area contributed by atoms with Crippen LogP contribution in [0.4, 0.5) is 4.39 Å². The molecule has 9 heteroatoms. The maximum atomic E-state index is 14.7. The number of benzene rings is 1. The van der Waals surface area contributed by atoms with E-state index in [1.165, 1.54) is 16.6 Å². The minimum atomic E-state index is -3.16. The van der Waals surface area contributed by atoms with E-state index in [0.29, 0.717) is 43.8 Å². The van der Waals surface area contributed by atoms with E-state index in [-0.39, 0.29) is 5.82 Å². The van der Waals surface area contributed by atoms with Crippen LogP contribution >= 0.6 is 0 Å². The van der Waals surface area contributed by atoms with Crippen LogP contribution in [0.3, 0.4) is 0 Å². The fourth-order valence-electron chi connectivity index (χ4n) is 3.28. The Morgan fingerprint density at radius 2 is 1.63 bits per heavy atom. The largest absolute Gasteiger partial charge is 0.494 e. The number of hydrogen-bond donors (Lipinski definition) is 0. The fraction of sp³-hybridized carbons (Fsp3) is 0.667. The van der Waals surface area contributed by atoms with Gasteiger partial charge in [0.15, 0.2) is 0 Å². The number of sulfonamides is 1. The first-order valence-corrected chi connectivity index (χ1v) is 11.1. The van der Waals surface area contributed by atoms with E-state index in [1.54, 1.807) is 6.07 Å². The molecule has 2 saturated heterocycles. The fourth-order valence-corrected chi connectivity index (χ4v) is 4.10. The molecular formula is C18H28BFN2O4S. The number of piperazine rings is 1. The minimum absolute atomic E-state index is 0.298. The highest BCUT2D eigenvalue weighted by Crippen LogP contribution is 2.36. The summed E-state index contributed by atoms with van der Waals surface area (Å²) in [6, 6.07) is 5.08. The molecule has 0 unspecified atom stereocenters. The van der Waals surface area contributed by atoms with Crippen LogP contribution in [0.2, 0.25) is 0 Å². The molecule has 0 N–H and O–H groups in total. The molecule has 0 radical (unpaired) electrons. The van der Waals surface area contributed by atoms with Gasteiger partial charge in [-0.25, -0.2) is 12.8 Å². The van der Waals surface area contributed by atoms with E-state index in [0.717, 1.165) is 0 Å². The van der Waals surface area contributed by atoms with Gasteiger partial charge in [0.1, 0.15) is 5.82 Å². The second-order valence-corrected chi connectivity index (χ2v) is 10.4. The quantitative estimate of drug-likeness (QED) is 0.714. The van der Waals surface area contributed by atoms with E-state index in [1.807, 2.05) is 33.8 Å². The molecule has 0 atom stereocenters. The molecule has 0 saturated carbocycles. The SMILES string of the molecule is CC1(C)OB(c2ccc(CN3CCN(S(C)(=O)=O)CC3)c(F)c2)OC1(C)C. The summed E-state index contributed by atoms with van der Waals surface area (Å²) in [6.45, 7) is 10.4. The molecule has 0 spiro atoms. The summed E-state index contributed by atoms with van der Waals surface area (Å²) in [5.41, 5.74) is 0.318. The third kappa shape index (κ3) is 4.37. The van der Waals surface area contributed by atoms with Gasteiger partial charge >= 0.3 is 7.12 Å². The van der Waals surface area contributed by atoms with Crippen LogP contribution in [0.15, 0.2) is 18.2 Å². The van der Waals surface area contributed by atoms with Crippen LogP contribution in [0.25, 0.3) is 0 Å². The summed E-state index contributed by atoms with van der Waals surface area (Å²) in [4.78, 5) is 2.06. The van der Waals surface area contributed by atoms with Gasteiger partial charge in [0.05, 0.1) is 17.5 Å². The van der Waals surface area contributed by atoms with E-state index < -0.39 is 28.3 Å². The van der Waals surface area contributed by atoms with Crippen molar-refractivity contribution in [1.29, 1.82) is 0 Å². The van der Waals surface area contributed by atoms with Crippen LogP contribution in [0, 0.1) is 5.82 Å². The molecule has 27 heavy (non-hydrogen) atoms. The summed E-state index contributed by atoms with van der Waals surface area (Å²) in [5.74, 6) is -0.298. The predicted octanol–water partition coefficient (Wildman–Crippen LogP) is 1.20. The number of rotatable bonds is 4. The van der Waals surface area contributed by atoms with Gasteiger partial charge in [-0.2, -0.15) is 4.31 Å². The molecule has 0 amide bonds. The molecule has 2 fully saturated rings. The lowest BCUT2D eigenvalue weighted by Gasteiger charge is -2.33. The first-order valence-electron chi connectivity index (χ1n) is 9.20. The molecule has 2 heterocycles. The summed E-state index contributed by atoms with van der Waals surface area (Å²) < 4.78 is 51.2. The second kappa shape index (κ2) is 7.11. The average Bonchev–Trinajstić information content (AvgIpc) is 2.77. The van der Waals surface area contributed by atoms with Crippen molar-refractivity contribution in [3.05, 3.63) is 29.6 Å². The lowest BCUT2D eigenvalue weighted by atomic mass is 9.78. The van der Waals surface area contributed by atoms with Gasteiger partial charge in [-0.05, 0) is 39.2 Å². The highest BCUT2D eigenvalue weighted by atomic mass is 32.2. The molecule has 150 valence electrons. The summed E-state index contributed by atoms with van der Waals surface area (Å²) in [6.07, 6.45) is 1.22. The van der Waals surface area contributed by atoms with E-state index in [9.17, 15) is 12.8 Å². The van der Waals surface area contributed by atoms with Gasteiger partial charge in [0.25, 0.3) is 0 Å². The van der Waals surface area contributed by atoms with Crippen LogP contribution in [0.1, 0.15) is 33.3 Å². The van der Waals surface area contributed by atoms with Crippen LogP contribution < -0.4 is 5.46 Å². The topological polar surface area (TPSA) is 59.1 Å². The van der Waals surface area contributed by atoms with E-state index in [2.05, 4.69) is 4.90 Å². The highest BCUT2D eigenvalue weighted by Gasteiger charge is 2.51. The normalized spacial score (nSPS) is 23.7. The predicted molar refractivity (Wildman–Crippen MR) is 104 cm³/mol.